The van der Waals surface area contributed by atoms with E-state index in [1.807, 2.05) is 36.4 Å². The zero-order valence-corrected chi connectivity index (χ0v) is 16.6. The van der Waals surface area contributed by atoms with Crippen molar-refractivity contribution < 1.29 is 10.5 Å². The number of guanidine groups is 1. The fourth-order valence-electron chi connectivity index (χ4n) is 1.81. The molecule has 0 amide bonds. The van der Waals surface area contributed by atoms with E-state index in [-0.39, 0.29) is 16.6 Å². The molecule has 0 unspecified atom stereocenters. The largest absolute Gasteiger partial charge is 0.412 e. The lowest BCUT2D eigenvalue weighted by Crippen LogP contribution is -2.78. The Hall–Kier alpha value is -2.55. The van der Waals surface area contributed by atoms with E-state index in [0.717, 1.165) is 25.9 Å². The van der Waals surface area contributed by atoms with E-state index >= 15 is 0 Å². The molecule has 0 bridgehead atoms. The average Bonchev–Trinajstić information content (AvgIpc) is 2.64. The second-order valence-corrected chi connectivity index (χ2v) is 6.06. The summed E-state index contributed by atoms with van der Waals surface area (Å²) in [6.45, 7) is 1.52. The van der Waals surface area contributed by atoms with Gasteiger partial charge in [0.2, 0.25) is 0 Å². The lowest BCUT2D eigenvalue weighted by Gasteiger charge is -1.95. The number of hydrogen-bond donors (Lipinski definition) is 6. The highest BCUT2D eigenvalue weighted by Gasteiger charge is 1.90. The van der Waals surface area contributed by atoms with E-state index in [0.29, 0.717) is 0 Å². The van der Waals surface area contributed by atoms with Crippen LogP contribution in [0.5, 0.6) is 0 Å². The van der Waals surface area contributed by atoms with Gasteiger partial charge >= 0.3 is 5.96 Å². The van der Waals surface area contributed by atoms with Gasteiger partial charge in [0.25, 0.3) is 0 Å². The Kier molecular flexibility index (Phi) is 18.0. The van der Waals surface area contributed by atoms with Gasteiger partial charge in [-0.1, -0.05) is 72.4 Å². The van der Waals surface area contributed by atoms with Gasteiger partial charge < -0.3 is 16.9 Å². The van der Waals surface area contributed by atoms with Crippen LogP contribution in [0.15, 0.2) is 60.7 Å². The van der Waals surface area contributed by atoms with Gasteiger partial charge in [-0.25, -0.2) is 0 Å². The van der Waals surface area contributed by atoms with Gasteiger partial charge in [-0.2, -0.15) is 0 Å². The maximum absolute atomic E-state index is 6.48. The summed E-state index contributed by atoms with van der Waals surface area (Å²) in [5.41, 5.74) is 23.3. The van der Waals surface area contributed by atoms with E-state index in [2.05, 4.69) is 29.3 Å². The minimum absolute atomic E-state index is 0. The molecule has 0 heterocycles. The van der Waals surface area contributed by atoms with Crippen molar-refractivity contribution in [2.45, 2.75) is 12.8 Å². The number of amidine groups is 1. The number of thioether (sulfide) groups is 1. The van der Waals surface area contributed by atoms with E-state index in [9.17, 15) is 0 Å². The maximum atomic E-state index is 6.48. The molecule has 7 nitrogen and oxygen atoms in total. The standard InChI is InChI=1S/C9H13N3.C8H11N.C2H6N2S.H2O/c10-9(11)12-7-6-8-4-2-1-3-5-8;9-7-6-8-4-2-1-3-5-8;1-5-2(3)4;/h1-5H,6-7H2,(H4,10,11,12);1-5H,6-7,9H2;1H3,(H3,3,4);1H2/p+1. The van der Waals surface area contributed by atoms with Crippen LogP contribution in [0, 0.1) is 5.41 Å². The smallest absolute Gasteiger partial charge is 0.338 e. The van der Waals surface area contributed by atoms with Crippen molar-refractivity contribution in [3.05, 3.63) is 71.8 Å². The molecule has 27 heavy (non-hydrogen) atoms. The number of hydrogen-bond acceptors (Lipinski definition) is 3. The molecule has 0 radical (unpaired) electrons. The molecule has 2 aromatic carbocycles. The van der Waals surface area contributed by atoms with Crippen LogP contribution in [-0.4, -0.2) is 35.9 Å². The summed E-state index contributed by atoms with van der Waals surface area (Å²) in [6.07, 6.45) is 3.70. The first kappa shape index (κ1) is 26.7. The number of nitrogens with two attached hydrogens (primary N) is 4. The fraction of sp³-hybridized carbons (Fsp3) is 0.263. The lowest BCUT2D eigenvalue weighted by molar-refractivity contribution is -0.458. The highest BCUT2D eigenvalue weighted by Crippen LogP contribution is 1.97. The topological polar surface area (TPSA) is 173 Å². The van der Waals surface area contributed by atoms with Gasteiger partial charge in [-0.15, -0.1) is 0 Å². The summed E-state index contributed by atoms with van der Waals surface area (Å²) in [6, 6.07) is 20.5. The Labute approximate surface area is 166 Å². The van der Waals surface area contributed by atoms with E-state index in [4.69, 9.17) is 28.3 Å². The molecule has 2 aromatic rings. The molecule has 0 aliphatic rings. The molecule has 0 atom stereocenters. The van der Waals surface area contributed by atoms with Crippen molar-refractivity contribution in [3.63, 3.8) is 0 Å². The van der Waals surface area contributed by atoms with Gasteiger partial charge in [-0.3, -0.25) is 21.9 Å². The molecule has 150 valence electrons. The molecule has 0 saturated heterocycles. The van der Waals surface area contributed by atoms with Crippen LogP contribution < -0.4 is 27.9 Å². The molecule has 2 rings (SSSR count). The van der Waals surface area contributed by atoms with Crippen LogP contribution in [0.2, 0.25) is 0 Å². The van der Waals surface area contributed by atoms with Crippen LogP contribution in [0.4, 0.5) is 0 Å². The maximum Gasteiger partial charge on any atom is 0.338 e. The van der Waals surface area contributed by atoms with Crippen LogP contribution in [0.3, 0.4) is 0 Å². The lowest BCUT2D eigenvalue weighted by atomic mass is 10.2. The molecule has 8 heteroatoms. The molecule has 0 aromatic heterocycles. The van der Waals surface area contributed by atoms with Crippen LogP contribution in [-0.2, 0) is 12.8 Å². The first-order valence-electron chi connectivity index (χ1n) is 8.27. The van der Waals surface area contributed by atoms with Crippen LogP contribution >= 0.6 is 11.8 Å². The predicted molar refractivity (Wildman–Crippen MR) is 118 cm³/mol. The first-order chi connectivity index (χ1) is 12.5. The van der Waals surface area contributed by atoms with Crippen molar-refractivity contribution in [3.8, 4) is 0 Å². The Morgan fingerprint density at radius 1 is 0.889 bits per heavy atom. The number of benzene rings is 2. The van der Waals surface area contributed by atoms with E-state index in [1.54, 1.807) is 6.26 Å². The molecule has 0 aliphatic heterocycles. The highest BCUT2D eigenvalue weighted by atomic mass is 32.2. The third-order valence-electron chi connectivity index (χ3n) is 3.08. The van der Waals surface area contributed by atoms with Crippen LogP contribution in [0.1, 0.15) is 11.1 Å². The fourth-order valence-corrected chi connectivity index (χ4v) is 1.81. The summed E-state index contributed by atoms with van der Waals surface area (Å²) in [7, 11) is 0. The second-order valence-electron chi connectivity index (χ2n) is 5.21. The van der Waals surface area contributed by atoms with Crippen molar-refractivity contribution >= 4 is 22.9 Å². The SMILES string of the molecule is CSC(=N)N.NC(N)=[NH+]CCc1ccccc1.NCCc1ccccc1.O. The third kappa shape index (κ3) is 18.0. The molecular weight excluding hydrogens is 360 g/mol. The Balaban J connectivity index is 0. The van der Waals surface area contributed by atoms with Gasteiger partial charge in [-0.05, 0) is 30.3 Å². The molecule has 0 aliphatic carbocycles. The van der Waals surface area contributed by atoms with Crippen molar-refractivity contribution in [1.29, 1.82) is 5.41 Å². The number of nitrogens with one attached hydrogen (secondary N) is 2. The first-order valence-corrected chi connectivity index (χ1v) is 9.49. The van der Waals surface area contributed by atoms with Gasteiger partial charge in [0.05, 0.1) is 6.54 Å². The zero-order valence-electron chi connectivity index (χ0n) is 15.8. The van der Waals surface area contributed by atoms with Gasteiger partial charge in [0, 0.05) is 6.42 Å². The third-order valence-corrected chi connectivity index (χ3v) is 3.52. The quantitative estimate of drug-likeness (QED) is 0.287. The Bertz CT molecular complexity index is 619. The summed E-state index contributed by atoms with van der Waals surface area (Å²) < 4.78 is 0. The molecule has 0 spiro atoms. The second kappa shape index (κ2) is 18.2. The molecule has 0 fully saturated rings. The van der Waals surface area contributed by atoms with Gasteiger partial charge in [0.15, 0.2) is 5.17 Å². The molecule has 0 saturated carbocycles. The Morgan fingerprint density at radius 3 is 1.63 bits per heavy atom. The van der Waals surface area contributed by atoms with Gasteiger partial charge in [0.1, 0.15) is 0 Å². The van der Waals surface area contributed by atoms with Crippen molar-refractivity contribution in [1.82, 2.24) is 0 Å². The highest BCUT2D eigenvalue weighted by molar-refractivity contribution is 8.13. The van der Waals surface area contributed by atoms with Crippen molar-refractivity contribution in [2.24, 2.45) is 22.9 Å². The minimum atomic E-state index is 0. The summed E-state index contributed by atoms with van der Waals surface area (Å²) in [4.78, 5) is 2.87. The average molecular weight is 394 g/mol. The van der Waals surface area contributed by atoms with Crippen molar-refractivity contribution in [2.75, 3.05) is 19.3 Å². The predicted octanol–water partition coefficient (Wildman–Crippen LogP) is -0.811. The normalized spacial score (nSPS) is 8.67. The summed E-state index contributed by atoms with van der Waals surface area (Å²) in [5, 5.41) is 6.66. The van der Waals surface area contributed by atoms with Crippen LogP contribution in [0.25, 0.3) is 0 Å². The molecular formula is C19H33N6OS+. The minimum Gasteiger partial charge on any atom is -0.412 e. The summed E-state index contributed by atoms with van der Waals surface area (Å²) in [5.74, 6) is 0.283. The zero-order chi connectivity index (χ0) is 19.6. The summed E-state index contributed by atoms with van der Waals surface area (Å²) >= 11 is 1.24. The Morgan fingerprint density at radius 2 is 1.30 bits per heavy atom. The monoisotopic (exact) mass is 393 g/mol. The van der Waals surface area contributed by atoms with E-state index in [1.165, 1.54) is 22.9 Å². The number of rotatable bonds is 5. The van der Waals surface area contributed by atoms with E-state index < -0.39 is 0 Å². The molecule has 12 N–H and O–H groups in total.